The Bertz CT molecular complexity index is 1100. The maximum atomic E-state index is 13.0. The average molecular weight is 384 g/mol. The minimum atomic E-state index is -3.84. The fraction of sp³-hybridized carbons (Fsp3) is 0.263. The number of carbonyl (C=O) groups excluding carboxylic acids is 1. The summed E-state index contributed by atoms with van der Waals surface area (Å²) < 4.78 is 30.3. The molecular formula is C19H20N4O3S. The topological polar surface area (TPSA) is 84.3 Å². The van der Waals surface area contributed by atoms with Gasteiger partial charge < -0.3 is 0 Å². The summed E-state index contributed by atoms with van der Waals surface area (Å²) in [5, 5.41) is 5.57. The molecule has 3 aromatic rings. The predicted octanol–water partition coefficient (Wildman–Crippen LogP) is 2.05. The van der Waals surface area contributed by atoms with E-state index < -0.39 is 16.1 Å². The Kier molecular flexibility index (Phi) is 4.45. The number of aromatic nitrogens is 2. The molecule has 7 nitrogen and oxygen atoms in total. The highest BCUT2D eigenvalue weighted by Gasteiger charge is 2.34. The molecule has 27 heavy (non-hydrogen) atoms. The number of amides is 1. The molecule has 1 fully saturated rings. The lowest BCUT2D eigenvalue weighted by atomic mass is 10.1. The van der Waals surface area contributed by atoms with Crippen molar-refractivity contribution >= 4 is 32.5 Å². The van der Waals surface area contributed by atoms with Crippen LogP contribution in [0.4, 0.5) is 5.82 Å². The fourth-order valence-electron chi connectivity index (χ4n) is 3.52. The normalized spacial score (nSPS) is 18.2. The lowest BCUT2D eigenvalue weighted by Crippen LogP contribution is -2.52. The first-order valence-electron chi connectivity index (χ1n) is 8.77. The number of piperidine rings is 1. The molecule has 8 heteroatoms. The van der Waals surface area contributed by atoms with E-state index in [-0.39, 0.29) is 10.8 Å². The first kappa shape index (κ1) is 17.7. The molecule has 1 aliphatic rings. The van der Waals surface area contributed by atoms with Crippen molar-refractivity contribution in [3.8, 4) is 0 Å². The first-order chi connectivity index (χ1) is 13.0. The minimum Gasteiger partial charge on any atom is -0.296 e. The first-order valence-corrected chi connectivity index (χ1v) is 10.3. The van der Waals surface area contributed by atoms with E-state index in [1.54, 1.807) is 53.2 Å². The summed E-state index contributed by atoms with van der Waals surface area (Å²) >= 11 is 0. The SMILES string of the molecule is Cn1nccc1N1CCC[C@H](NS(=O)(=O)c2cccc3ccccc23)C1=O. The molecular weight excluding hydrogens is 364 g/mol. The molecule has 0 spiro atoms. The zero-order chi connectivity index (χ0) is 19.0. The maximum Gasteiger partial charge on any atom is 0.246 e. The summed E-state index contributed by atoms with van der Waals surface area (Å²) in [6.45, 7) is 0.546. The lowest BCUT2D eigenvalue weighted by molar-refractivity contribution is -0.121. The second-order valence-corrected chi connectivity index (χ2v) is 8.28. The van der Waals surface area contributed by atoms with E-state index in [1.807, 2.05) is 18.2 Å². The molecule has 2 aromatic carbocycles. The van der Waals surface area contributed by atoms with Crippen LogP contribution in [0.25, 0.3) is 10.8 Å². The van der Waals surface area contributed by atoms with Crippen molar-refractivity contribution in [1.29, 1.82) is 0 Å². The number of aryl methyl sites for hydroxylation is 1. The Hall–Kier alpha value is -2.71. The van der Waals surface area contributed by atoms with Gasteiger partial charge in [-0.1, -0.05) is 36.4 Å². The van der Waals surface area contributed by atoms with Crippen molar-refractivity contribution in [2.75, 3.05) is 11.4 Å². The van der Waals surface area contributed by atoms with Crippen LogP contribution in [0.15, 0.2) is 59.6 Å². The number of sulfonamides is 1. The highest BCUT2D eigenvalue weighted by atomic mass is 32.2. The molecule has 1 aromatic heterocycles. The van der Waals surface area contributed by atoms with Crippen molar-refractivity contribution in [1.82, 2.24) is 14.5 Å². The number of hydrogen-bond donors (Lipinski definition) is 1. The zero-order valence-electron chi connectivity index (χ0n) is 14.9. The summed E-state index contributed by atoms with van der Waals surface area (Å²) in [5.41, 5.74) is 0. The summed E-state index contributed by atoms with van der Waals surface area (Å²) in [6.07, 6.45) is 2.79. The molecule has 0 aliphatic carbocycles. The van der Waals surface area contributed by atoms with Gasteiger partial charge in [0.15, 0.2) is 0 Å². The smallest absolute Gasteiger partial charge is 0.246 e. The highest BCUT2D eigenvalue weighted by Crippen LogP contribution is 2.25. The number of carbonyl (C=O) groups is 1. The van der Waals surface area contributed by atoms with Crippen molar-refractivity contribution in [3.63, 3.8) is 0 Å². The predicted molar refractivity (Wildman–Crippen MR) is 103 cm³/mol. The summed E-state index contributed by atoms with van der Waals surface area (Å²) in [6, 6.07) is 13.4. The van der Waals surface area contributed by atoms with Crippen LogP contribution in [-0.4, -0.2) is 36.7 Å². The van der Waals surface area contributed by atoms with Crippen LogP contribution in [0.1, 0.15) is 12.8 Å². The Balaban J connectivity index is 1.64. The number of fused-ring (bicyclic) bond motifs is 1. The van der Waals surface area contributed by atoms with E-state index in [2.05, 4.69) is 9.82 Å². The van der Waals surface area contributed by atoms with Gasteiger partial charge in [0.05, 0.1) is 11.1 Å². The molecule has 0 bridgehead atoms. The quantitative estimate of drug-likeness (QED) is 0.746. The number of rotatable bonds is 4. The zero-order valence-corrected chi connectivity index (χ0v) is 15.7. The van der Waals surface area contributed by atoms with Crippen molar-refractivity contribution in [3.05, 3.63) is 54.7 Å². The second-order valence-electron chi connectivity index (χ2n) is 6.60. The van der Waals surface area contributed by atoms with Gasteiger partial charge in [-0.25, -0.2) is 8.42 Å². The molecule has 1 atom stereocenters. The van der Waals surface area contributed by atoms with Crippen molar-refractivity contribution in [2.45, 2.75) is 23.8 Å². The van der Waals surface area contributed by atoms with Gasteiger partial charge in [-0.05, 0) is 24.3 Å². The van der Waals surface area contributed by atoms with Crippen LogP contribution >= 0.6 is 0 Å². The molecule has 4 rings (SSSR count). The van der Waals surface area contributed by atoms with Crippen LogP contribution < -0.4 is 9.62 Å². The fourth-order valence-corrected chi connectivity index (χ4v) is 4.98. The van der Waals surface area contributed by atoms with E-state index in [0.717, 1.165) is 5.39 Å². The molecule has 1 amide bonds. The maximum absolute atomic E-state index is 13.0. The summed E-state index contributed by atoms with van der Waals surface area (Å²) in [4.78, 5) is 14.7. The third kappa shape index (κ3) is 3.22. The molecule has 1 aliphatic heterocycles. The molecule has 0 saturated carbocycles. The van der Waals surface area contributed by atoms with Gasteiger partial charge in [0.1, 0.15) is 11.9 Å². The van der Waals surface area contributed by atoms with Gasteiger partial charge in [0.25, 0.3) is 0 Å². The molecule has 1 saturated heterocycles. The van der Waals surface area contributed by atoms with Gasteiger partial charge in [-0.2, -0.15) is 9.82 Å². The third-order valence-corrected chi connectivity index (χ3v) is 6.38. The highest BCUT2D eigenvalue weighted by molar-refractivity contribution is 7.89. The Morgan fingerprint density at radius 3 is 2.67 bits per heavy atom. The van der Waals surface area contributed by atoms with Crippen LogP contribution in [0.5, 0.6) is 0 Å². The van der Waals surface area contributed by atoms with Gasteiger partial charge in [0, 0.05) is 25.0 Å². The monoisotopic (exact) mass is 384 g/mol. The van der Waals surface area contributed by atoms with Gasteiger partial charge in [-0.15, -0.1) is 0 Å². The molecule has 2 heterocycles. The summed E-state index contributed by atoms with van der Waals surface area (Å²) in [5.74, 6) is 0.405. The van der Waals surface area contributed by atoms with E-state index in [1.165, 1.54) is 0 Å². The number of hydrogen-bond acceptors (Lipinski definition) is 4. The van der Waals surface area contributed by atoms with E-state index >= 15 is 0 Å². The van der Waals surface area contributed by atoms with E-state index in [4.69, 9.17) is 0 Å². The molecule has 0 radical (unpaired) electrons. The van der Waals surface area contributed by atoms with E-state index in [0.29, 0.717) is 30.6 Å². The number of nitrogens with zero attached hydrogens (tertiary/aromatic N) is 3. The molecule has 0 unspecified atom stereocenters. The Labute approximate surface area is 157 Å². The Morgan fingerprint density at radius 2 is 1.89 bits per heavy atom. The number of benzene rings is 2. The van der Waals surface area contributed by atoms with Crippen LogP contribution in [0.2, 0.25) is 0 Å². The molecule has 140 valence electrons. The third-order valence-electron chi connectivity index (χ3n) is 4.85. The van der Waals surface area contributed by atoms with Gasteiger partial charge in [0.2, 0.25) is 15.9 Å². The van der Waals surface area contributed by atoms with Gasteiger partial charge in [-0.3, -0.25) is 14.4 Å². The largest absolute Gasteiger partial charge is 0.296 e. The molecule has 1 N–H and O–H groups in total. The Morgan fingerprint density at radius 1 is 1.11 bits per heavy atom. The number of nitrogens with one attached hydrogen (secondary N) is 1. The number of anilines is 1. The van der Waals surface area contributed by atoms with Crippen LogP contribution in [0.3, 0.4) is 0 Å². The van der Waals surface area contributed by atoms with Crippen molar-refractivity contribution in [2.24, 2.45) is 7.05 Å². The standard InChI is InChI=1S/C19H20N4O3S/c1-22-18(11-12-20-22)23-13-5-9-16(19(23)24)21-27(25,26)17-10-4-7-14-6-2-3-8-15(14)17/h2-4,6-8,10-12,16,21H,5,9,13H2,1H3/t16-/m0/s1. The average Bonchev–Trinajstić information content (AvgIpc) is 3.08. The minimum absolute atomic E-state index is 0.186. The lowest BCUT2D eigenvalue weighted by Gasteiger charge is -2.32. The second kappa shape index (κ2) is 6.79. The van der Waals surface area contributed by atoms with Crippen LogP contribution in [-0.2, 0) is 21.9 Å². The summed E-state index contributed by atoms with van der Waals surface area (Å²) in [7, 11) is -2.09. The van der Waals surface area contributed by atoms with Crippen molar-refractivity contribution < 1.29 is 13.2 Å². The van der Waals surface area contributed by atoms with Crippen LogP contribution in [0, 0.1) is 0 Å². The van der Waals surface area contributed by atoms with Gasteiger partial charge >= 0.3 is 0 Å². The van der Waals surface area contributed by atoms with E-state index in [9.17, 15) is 13.2 Å².